The molecule has 1 saturated carbocycles. The molecule has 1 aromatic carbocycles. The van der Waals surface area contributed by atoms with Crippen LogP contribution in [-0.2, 0) is 10.0 Å². The van der Waals surface area contributed by atoms with Gasteiger partial charge in [0.05, 0.1) is 10.3 Å². The van der Waals surface area contributed by atoms with Crippen LogP contribution in [0.3, 0.4) is 0 Å². The molecular weight excluding hydrogens is 371 g/mol. The van der Waals surface area contributed by atoms with Gasteiger partial charge < -0.3 is 4.74 Å². The monoisotopic (exact) mass is 392 g/mol. The van der Waals surface area contributed by atoms with Crippen molar-refractivity contribution in [2.45, 2.75) is 24.5 Å². The molecule has 0 aromatic heterocycles. The zero-order valence-corrected chi connectivity index (χ0v) is 15.8. The lowest BCUT2D eigenvalue weighted by Gasteiger charge is -2.21. The van der Waals surface area contributed by atoms with E-state index in [0.717, 1.165) is 38.9 Å². The number of halogens is 2. The van der Waals surface area contributed by atoms with Gasteiger partial charge in [0.25, 0.3) is 0 Å². The Balaban J connectivity index is 1.47. The fraction of sp³-hybridized carbons (Fsp3) is 0.625. The van der Waals surface area contributed by atoms with Crippen LogP contribution in [0.15, 0.2) is 18.2 Å². The van der Waals surface area contributed by atoms with E-state index >= 15 is 0 Å². The maximum absolute atomic E-state index is 12.3. The van der Waals surface area contributed by atoms with Gasteiger partial charge in [0.15, 0.2) is 0 Å². The fourth-order valence-electron chi connectivity index (χ4n) is 2.87. The highest BCUT2D eigenvalue weighted by Gasteiger charge is 2.40. The van der Waals surface area contributed by atoms with Crippen molar-refractivity contribution in [2.75, 3.05) is 39.3 Å². The third-order valence-electron chi connectivity index (χ3n) is 4.41. The van der Waals surface area contributed by atoms with Gasteiger partial charge in [-0.3, -0.25) is 4.90 Å². The quantitative estimate of drug-likeness (QED) is 0.746. The van der Waals surface area contributed by atoms with Crippen molar-refractivity contribution in [3.63, 3.8) is 0 Å². The predicted molar refractivity (Wildman–Crippen MR) is 96.5 cm³/mol. The van der Waals surface area contributed by atoms with E-state index < -0.39 is 10.0 Å². The molecule has 3 rings (SSSR count). The van der Waals surface area contributed by atoms with Crippen LogP contribution in [0.25, 0.3) is 0 Å². The highest BCUT2D eigenvalue weighted by molar-refractivity contribution is 7.90. The molecule has 0 unspecified atom stereocenters. The summed E-state index contributed by atoms with van der Waals surface area (Å²) in [5.41, 5.74) is 0. The standard InChI is InChI=1S/C16H22Cl2N2O3S/c17-13-2-5-15(18)16(12-13)23-11-10-19-6-1-7-20(9-8-19)24(21,22)14-3-4-14/h2,5,12,14H,1,3-4,6-11H2. The molecule has 1 heterocycles. The first-order chi connectivity index (χ1) is 11.5. The van der Waals surface area contributed by atoms with Crippen molar-refractivity contribution in [1.82, 2.24) is 9.21 Å². The first-order valence-electron chi connectivity index (χ1n) is 8.26. The van der Waals surface area contributed by atoms with Gasteiger partial charge in [0, 0.05) is 37.3 Å². The van der Waals surface area contributed by atoms with Crippen LogP contribution in [0.1, 0.15) is 19.3 Å². The second-order valence-corrected chi connectivity index (χ2v) is 9.32. The molecule has 1 aliphatic carbocycles. The van der Waals surface area contributed by atoms with Crippen LogP contribution in [0, 0.1) is 0 Å². The summed E-state index contributed by atoms with van der Waals surface area (Å²) in [5, 5.41) is 0.999. The van der Waals surface area contributed by atoms with Gasteiger partial charge in [-0.1, -0.05) is 23.2 Å². The topological polar surface area (TPSA) is 49.9 Å². The van der Waals surface area contributed by atoms with Gasteiger partial charge in [0.1, 0.15) is 12.4 Å². The number of rotatable bonds is 6. The van der Waals surface area contributed by atoms with Crippen LogP contribution >= 0.6 is 23.2 Å². The molecule has 0 radical (unpaired) electrons. The number of hydrogen-bond acceptors (Lipinski definition) is 4. The smallest absolute Gasteiger partial charge is 0.217 e. The van der Waals surface area contributed by atoms with E-state index in [9.17, 15) is 8.42 Å². The summed E-state index contributed by atoms with van der Waals surface area (Å²) in [4.78, 5) is 2.24. The van der Waals surface area contributed by atoms with Crippen LogP contribution in [0.2, 0.25) is 10.0 Å². The second-order valence-electron chi connectivity index (χ2n) is 6.26. The molecule has 0 bridgehead atoms. The summed E-state index contributed by atoms with van der Waals surface area (Å²) < 4.78 is 32.0. The van der Waals surface area contributed by atoms with E-state index in [4.69, 9.17) is 27.9 Å². The van der Waals surface area contributed by atoms with Gasteiger partial charge in [-0.25, -0.2) is 12.7 Å². The van der Waals surface area contributed by atoms with E-state index in [-0.39, 0.29) is 5.25 Å². The normalized spacial score (nSPS) is 20.8. The molecule has 2 aliphatic rings. The molecule has 1 aromatic rings. The zero-order chi connectivity index (χ0) is 17.2. The summed E-state index contributed by atoms with van der Waals surface area (Å²) in [5.74, 6) is 0.580. The molecule has 0 amide bonds. The first-order valence-corrected chi connectivity index (χ1v) is 10.5. The maximum Gasteiger partial charge on any atom is 0.217 e. The van der Waals surface area contributed by atoms with Crippen LogP contribution < -0.4 is 4.74 Å². The molecule has 1 aliphatic heterocycles. The molecule has 0 spiro atoms. The molecule has 0 atom stereocenters. The number of ether oxygens (including phenoxy) is 1. The molecule has 0 N–H and O–H groups in total. The van der Waals surface area contributed by atoms with Crippen LogP contribution in [0.4, 0.5) is 0 Å². The van der Waals surface area contributed by atoms with E-state index in [1.54, 1.807) is 22.5 Å². The summed E-state index contributed by atoms with van der Waals surface area (Å²) >= 11 is 12.0. The van der Waals surface area contributed by atoms with Crippen molar-refractivity contribution < 1.29 is 13.2 Å². The largest absolute Gasteiger partial charge is 0.491 e. The summed E-state index contributed by atoms with van der Waals surface area (Å²) in [6, 6.07) is 5.14. The predicted octanol–water partition coefficient (Wildman–Crippen LogP) is 2.87. The Hall–Kier alpha value is -0.530. The number of sulfonamides is 1. The Kier molecular flexibility index (Phi) is 5.93. The van der Waals surface area contributed by atoms with Gasteiger partial charge in [-0.05, 0) is 37.9 Å². The Labute approximate surface area is 153 Å². The SMILES string of the molecule is O=S(=O)(C1CC1)N1CCCN(CCOc2cc(Cl)ccc2Cl)CC1. The van der Waals surface area contributed by atoms with Gasteiger partial charge >= 0.3 is 0 Å². The molecule has 134 valence electrons. The average Bonchev–Trinajstić information content (AvgIpc) is 3.37. The number of benzene rings is 1. The lowest BCUT2D eigenvalue weighted by molar-refractivity contribution is 0.215. The van der Waals surface area contributed by atoms with Crippen LogP contribution in [0.5, 0.6) is 5.75 Å². The second kappa shape index (κ2) is 7.79. The minimum Gasteiger partial charge on any atom is -0.491 e. The molecule has 2 fully saturated rings. The highest BCUT2D eigenvalue weighted by Crippen LogP contribution is 2.31. The fourth-order valence-corrected chi connectivity index (χ4v) is 5.08. The van der Waals surface area contributed by atoms with Crippen molar-refractivity contribution in [3.8, 4) is 5.75 Å². The van der Waals surface area contributed by atoms with E-state index in [1.807, 2.05) is 0 Å². The average molecular weight is 393 g/mol. The Morgan fingerprint density at radius 2 is 1.92 bits per heavy atom. The third-order valence-corrected chi connectivity index (χ3v) is 7.36. The molecule has 5 nitrogen and oxygen atoms in total. The summed E-state index contributed by atoms with van der Waals surface area (Å²) in [7, 11) is -3.07. The van der Waals surface area contributed by atoms with Gasteiger partial charge in [-0.15, -0.1) is 0 Å². The number of nitrogens with zero attached hydrogens (tertiary/aromatic N) is 2. The Bertz CT molecular complexity index is 680. The van der Waals surface area contributed by atoms with E-state index in [2.05, 4.69) is 4.90 Å². The highest BCUT2D eigenvalue weighted by atomic mass is 35.5. The van der Waals surface area contributed by atoms with Crippen molar-refractivity contribution in [3.05, 3.63) is 28.2 Å². The van der Waals surface area contributed by atoms with Crippen molar-refractivity contribution >= 4 is 33.2 Å². The Morgan fingerprint density at radius 3 is 2.67 bits per heavy atom. The Morgan fingerprint density at radius 1 is 1.12 bits per heavy atom. The van der Waals surface area contributed by atoms with Gasteiger partial charge in [0.2, 0.25) is 10.0 Å². The molecule has 24 heavy (non-hydrogen) atoms. The zero-order valence-electron chi connectivity index (χ0n) is 13.5. The van der Waals surface area contributed by atoms with Crippen LogP contribution in [-0.4, -0.2) is 62.2 Å². The third kappa shape index (κ3) is 4.55. The molecular formula is C16H22Cl2N2O3S. The summed E-state index contributed by atoms with van der Waals surface area (Å²) in [6.07, 6.45) is 2.48. The molecule has 1 saturated heterocycles. The van der Waals surface area contributed by atoms with Gasteiger partial charge in [-0.2, -0.15) is 0 Å². The minimum atomic E-state index is -3.07. The van der Waals surface area contributed by atoms with E-state index in [1.165, 1.54) is 0 Å². The first kappa shape index (κ1) is 18.3. The van der Waals surface area contributed by atoms with Crippen molar-refractivity contribution in [2.24, 2.45) is 0 Å². The summed E-state index contributed by atoms with van der Waals surface area (Å²) in [6.45, 7) is 4.03. The lowest BCUT2D eigenvalue weighted by Crippen LogP contribution is -2.37. The lowest BCUT2D eigenvalue weighted by atomic mass is 10.3. The maximum atomic E-state index is 12.3. The van der Waals surface area contributed by atoms with E-state index in [0.29, 0.717) is 35.5 Å². The molecule has 8 heteroatoms. The number of hydrogen-bond donors (Lipinski definition) is 0. The minimum absolute atomic E-state index is 0.127. The van der Waals surface area contributed by atoms with Crippen molar-refractivity contribution in [1.29, 1.82) is 0 Å².